The maximum absolute atomic E-state index is 10.1. The van der Waals surface area contributed by atoms with E-state index in [4.69, 9.17) is 17.3 Å². The summed E-state index contributed by atoms with van der Waals surface area (Å²) >= 11 is 0. The van der Waals surface area contributed by atoms with Crippen LogP contribution >= 0.6 is 0 Å². The van der Waals surface area contributed by atoms with Gasteiger partial charge in [0.1, 0.15) is 0 Å². The van der Waals surface area contributed by atoms with Gasteiger partial charge in [0.15, 0.2) is 7.85 Å². The molecule has 0 aromatic carbocycles. The topological polar surface area (TPSA) is 35.5 Å². The average Bonchev–Trinajstić information content (AvgIpc) is 1.87. The number of hydrogen-bond donors (Lipinski definition) is 0. The summed E-state index contributed by atoms with van der Waals surface area (Å²) in [6, 6.07) is 0. The molecule has 0 amide bonds. The van der Waals surface area contributed by atoms with Crippen LogP contribution in [0.4, 0.5) is 0 Å². The number of methoxy groups -OCH3 is 1. The molecule has 3 nitrogen and oxygen atoms in total. The maximum atomic E-state index is 10.1. The molecule has 2 radical (unpaired) electrons. The van der Waals surface area contributed by atoms with E-state index in [1.807, 2.05) is 0 Å². The maximum Gasteiger partial charge on any atom is 0.167 e. The van der Waals surface area contributed by atoms with E-state index in [1.54, 1.807) is 7.11 Å². The number of hydrogen-bond acceptors (Lipinski definition) is 3. The molecule has 0 atom stereocenters. The third kappa shape index (κ3) is 7.65. The largest absolute Gasteiger partial charge is 0.382 e. The third-order valence-electron chi connectivity index (χ3n) is 0.925. The van der Waals surface area contributed by atoms with Crippen molar-refractivity contribution < 1.29 is 14.3 Å². The molecule has 0 spiro atoms. The molecule has 0 rings (SSSR count). The van der Waals surface area contributed by atoms with Gasteiger partial charge in [-0.25, -0.2) is 0 Å². The van der Waals surface area contributed by atoms with Crippen LogP contribution in [0.3, 0.4) is 0 Å². The molecule has 56 valence electrons. The highest BCUT2D eigenvalue weighted by Gasteiger charge is 1.91. The van der Waals surface area contributed by atoms with E-state index in [1.165, 1.54) is 0 Å². The summed E-state index contributed by atoms with van der Waals surface area (Å²) in [7, 11) is 6.45. The fraction of sp³-hybridized carbons (Fsp3) is 0.833. The Labute approximate surface area is 62.1 Å². The zero-order chi connectivity index (χ0) is 7.82. The van der Waals surface area contributed by atoms with E-state index < -0.39 is 0 Å². The van der Waals surface area contributed by atoms with E-state index >= 15 is 0 Å². The summed E-state index contributed by atoms with van der Waals surface area (Å²) < 4.78 is 9.67. The molecule has 0 aliphatic rings. The summed E-state index contributed by atoms with van der Waals surface area (Å²) in [5.41, 5.74) is -0.336. The molecule has 4 heteroatoms. The van der Waals surface area contributed by atoms with Crippen molar-refractivity contribution in [2.45, 2.75) is 6.42 Å². The van der Waals surface area contributed by atoms with Crippen LogP contribution < -0.4 is 0 Å². The first kappa shape index (κ1) is 9.65. The Balaban J connectivity index is 2.84. The lowest BCUT2D eigenvalue weighted by Gasteiger charge is -2.00. The molecular formula is C6H11BO3. The molecule has 0 N–H and O–H groups in total. The Morgan fingerprint density at radius 1 is 1.40 bits per heavy atom. The van der Waals surface area contributed by atoms with Crippen LogP contribution in [0.2, 0.25) is 0 Å². The van der Waals surface area contributed by atoms with E-state index in [2.05, 4.69) is 0 Å². The zero-order valence-corrected chi connectivity index (χ0v) is 6.13. The summed E-state index contributed by atoms with van der Waals surface area (Å²) in [6.07, 6.45) is 0.281. The number of rotatable bonds is 6. The monoisotopic (exact) mass is 142 g/mol. The normalized spacial score (nSPS) is 9.70. The van der Waals surface area contributed by atoms with Gasteiger partial charge >= 0.3 is 0 Å². The van der Waals surface area contributed by atoms with Crippen molar-refractivity contribution in [3.05, 3.63) is 0 Å². The predicted octanol–water partition coefficient (Wildman–Crippen LogP) is -0.265. The van der Waals surface area contributed by atoms with E-state index in [0.29, 0.717) is 19.8 Å². The molecule has 0 fully saturated rings. The Hall–Kier alpha value is -0.345. The SMILES string of the molecule is [B]C(=O)CCOCCOC. The highest BCUT2D eigenvalue weighted by molar-refractivity contribution is 6.57. The second-order valence-electron chi connectivity index (χ2n) is 1.82. The quantitative estimate of drug-likeness (QED) is 0.378. The first-order chi connectivity index (χ1) is 4.77. The minimum Gasteiger partial charge on any atom is -0.382 e. The number of ether oxygens (including phenoxy) is 2. The predicted molar refractivity (Wildman–Crippen MR) is 38.1 cm³/mol. The lowest BCUT2D eigenvalue weighted by molar-refractivity contribution is -0.112. The van der Waals surface area contributed by atoms with Crippen molar-refractivity contribution in [3.63, 3.8) is 0 Å². The summed E-state index contributed by atoms with van der Waals surface area (Å²) in [5.74, 6) is 0. The van der Waals surface area contributed by atoms with E-state index in [9.17, 15) is 4.79 Å². The lowest BCUT2D eigenvalue weighted by atomic mass is 10.0. The van der Waals surface area contributed by atoms with Gasteiger partial charge in [-0.2, -0.15) is 0 Å². The highest BCUT2D eigenvalue weighted by Crippen LogP contribution is 1.81. The summed E-state index contributed by atoms with van der Waals surface area (Å²) in [5, 5.41) is 0. The molecule has 0 saturated carbocycles. The Kier molecular flexibility index (Phi) is 6.54. The lowest BCUT2D eigenvalue weighted by Crippen LogP contribution is -2.07. The van der Waals surface area contributed by atoms with E-state index in [-0.39, 0.29) is 12.1 Å². The van der Waals surface area contributed by atoms with Crippen LogP contribution in [0.25, 0.3) is 0 Å². The Bertz CT molecular complexity index is 95.0. The Morgan fingerprint density at radius 3 is 2.60 bits per heavy atom. The second kappa shape index (κ2) is 6.77. The molecule has 0 saturated heterocycles. The van der Waals surface area contributed by atoms with Gasteiger partial charge in [0.05, 0.1) is 25.5 Å². The average molecular weight is 142 g/mol. The molecule has 0 aliphatic carbocycles. The van der Waals surface area contributed by atoms with E-state index in [0.717, 1.165) is 0 Å². The van der Waals surface area contributed by atoms with Crippen molar-refractivity contribution in [1.82, 2.24) is 0 Å². The molecule has 0 unspecified atom stereocenters. The van der Waals surface area contributed by atoms with Gasteiger partial charge in [0, 0.05) is 13.5 Å². The van der Waals surface area contributed by atoms with Gasteiger partial charge in [-0.15, -0.1) is 0 Å². The van der Waals surface area contributed by atoms with Gasteiger partial charge in [-0.3, -0.25) is 0 Å². The van der Waals surface area contributed by atoms with Gasteiger partial charge in [0.25, 0.3) is 0 Å². The molecule has 0 aromatic heterocycles. The molecule has 0 aliphatic heterocycles. The first-order valence-electron chi connectivity index (χ1n) is 3.12. The van der Waals surface area contributed by atoms with Crippen molar-refractivity contribution in [2.75, 3.05) is 26.9 Å². The van der Waals surface area contributed by atoms with Crippen LogP contribution in [-0.4, -0.2) is 40.5 Å². The van der Waals surface area contributed by atoms with Crippen molar-refractivity contribution in [2.24, 2.45) is 0 Å². The van der Waals surface area contributed by atoms with Crippen LogP contribution in [0, 0.1) is 0 Å². The summed E-state index contributed by atoms with van der Waals surface area (Å²) in [6.45, 7) is 1.46. The minimum absolute atomic E-state index is 0.281. The number of carbonyl (C=O) groups is 1. The Morgan fingerprint density at radius 2 is 2.10 bits per heavy atom. The van der Waals surface area contributed by atoms with Crippen LogP contribution in [-0.2, 0) is 14.3 Å². The van der Waals surface area contributed by atoms with Gasteiger partial charge in [0.2, 0.25) is 0 Å². The van der Waals surface area contributed by atoms with Gasteiger partial charge < -0.3 is 14.3 Å². The third-order valence-corrected chi connectivity index (χ3v) is 0.925. The second-order valence-corrected chi connectivity index (χ2v) is 1.82. The zero-order valence-electron chi connectivity index (χ0n) is 6.13. The smallest absolute Gasteiger partial charge is 0.167 e. The van der Waals surface area contributed by atoms with Crippen LogP contribution in [0.5, 0.6) is 0 Å². The van der Waals surface area contributed by atoms with Gasteiger partial charge in [-0.05, 0) is 0 Å². The fourth-order valence-corrected chi connectivity index (χ4v) is 0.417. The minimum atomic E-state index is -0.336. The van der Waals surface area contributed by atoms with Crippen molar-refractivity contribution in [3.8, 4) is 0 Å². The van der Waals surface area contributed by atoms with Crippen LogP contribution in [0.15, 0.2) is 0 Å². The molecule has 0 heterocycles. The highest BCUT2D eigenvalue weighted by atomic mass is 16.5. The van der Waals surface area contributed by atoms with Gasteiger partial charge in [-0.1, -0.05) is 0 Å². The summed E-state index contributed by atoms with van der Waals surface area (Å²) in [4.78, 5) is 10.1. The van der Waals surface area contributed by atoms with Crippen LogP contribution in [0.1, 0.15) is 6.42 Å². The first-order valence-corrected chi connectivity index (χ1v) is 3.12. The molecule has 0 aromatic rings. The number of carbonyl (C=O) groups excluding carboxylic acids is 1. The molecular weight excluding hydrogens is 131 g/mol. The van der Waals surface area contributed by atoms with Crippen molar-refractivity contribution in [1.29, 1.82) is 0 Å². The molecule has 10 heavy (non-hydrogen) atoms. The standard InChI is InChI=1S/C6H11BO3/c1-9-4-5-10-3-2-6(7)8/h2-5H2,1H3. The van der Waals surface area contributed by atoms with Crippen molar-refractivity contribution >= 4 is 13.5 Å². The molecule has 0 bridgehead atoms. The fourth-order valence-electron chi connectivity index (χ4n) is 0.417.